The zero-order valence-corrected chi connectivity index (χ0v) is 12.8. The largest absolute Gasteiger partial charge is 0.379 e. The molecule has 0 radical (unpaired) electrons. The number of carbonyl (C=O) groups excluding carboxylic acids is 1. The molecule has 0 aromatic rings. The van der Waals surface area contributed by atoms with E-state index in [4.69, 9.17) is 4.74 Å². The molecule has 2 fully saturated rings. The summed E-state index contributed by atoms with van der Waals surface area (Å²) in [5.41, 5.74) is 0.153. The van der Waals surface area contributed by atoms with Crippen LogP contribution in [0, 0.1) is 0 Å². The van der Waals surface area contributed by atoms with Crippen LogP contribution >= 0.6 is 0 Å². The van der Waals surface area contributed by atoms with Gasteiger partial charge >= 0.3 is 0 Å². The van der Waals surface area contributed by atoms with Gasteiger partial charge in [-0.1, -0.05) is 31.4 Å². The smallest absolute Gasteiger partial charge is 0.241 e. The summed E-state index contributed by atoms with van der Waals surface area (Å²) in [5.74, 6) is 0.113. The maximum absolute atomic E-state index is 12.2. The normalized spacial score (nSPS) is 29.4. The van der Waals surface area contributed by atoms with Gasteiger partial charge in [0.05, 0.1) is 13.2 Å². The maximum atomic E-state index is 12.2. The molecule has 1 amide bonds. The van der Waals surface area contributed by atoms with Gasteiger partial charge in [-0.3, -0.25) is 15.0 Å². The van der Waals surface area contributed by atoms with Crippen LogP contribution in [0.25, 0.3) is 0 Å². The molecule has 21 heavy (non-hydrogen) atoms. The van der Waals surface area contributed by atoms with Gasteiger partial charge in [0.25, 0.3) is 0 Å². The van der Waals surface area contributed by atoms with Crippen LogP contribution in [0.2, 0.25) is 0 Å². The lowest BCUT2D eigenvalue weighted by Gasteiger charge is -2.48. The average molecular weight is 293 g/mol. The minimum atomic E-state index is -0.143. The number of hydrogen-bond donors (Lipinski definition) is 2. The fourth-order valence-electron chi connectivity index (χ4n) is 3.86. The number of ether oxygens (including phenoxy) is 1. The van der Waals surface area contributed by atoms with Gasteiger partial charge in [0, 0.05) is 31.7 Å². The lowest BCUT2D eigenvalue weighted by Crippen LogP contribution is -2.60. The van der Waals surface area contributed by atoms with Crippen molar-refractivity contribution >= 4 is 5.91 Å². The van der Waals surface area contributed by atoms with Gasteiger partial charge in [-0.15, -0.1) is 0 Å². The van der Waals surface area contributed by atoms with E-state index in [-0.39, 0.29) is 17.5 Å². The highest BCUT2D eigenvalue weighted by molar-refractivity contribution is 5.84. The van der Waals surface area contributed by atoms with Crippen LogP contribution in [0.5, 0.6) is 0 Å². The number of hydrogen-bond acceptors (Lipinski definition) is 4. The second-order valence-electron chi connectivity index (χ2n) is 6.42. The molecule has 1 atom stereocenters. The van der Waals surface area contributed by atoms with E-state index >= 15 is 0 Å². The van der Waals surface area contributed by atoms with Crippen LogP contribution in [-0.2, 0) is 9.53 Å². The van der Waals surface area contributed by atoms with Crippen molar-refractivity contribution in [2.24, 2.45) is 0 Å². The Morgan fingerprint density at radius 1 is 1.29 bits per heavy atom. The fraction of sp³-hybridized carbons (Fsp3) is 0.812. The second-order valence-corrected chi connectivity index (χ2v) is 6.42. The summed E-state index contributed by atoms with van der Waals surface area (Å²) < 4.78 is 5.49. The number of carbonyl (C=O) groups is 1. The van der Waals surface area contributed by atoms with E-state index in [0.717, 1.165) is 39.4 Å². The monoisotopic (exact) mass is 293 g/mol. The zero-order chi connectivity index (χ0) is 14.5. The van der Waals surface area contributed by atoms with Crippen molar-refractivity contribution in [2.75, 3.05) is 39.4 Å². The maximum Gasteiger partial charge on any atom is 0.241 e. The highest BCUT2D eigenvalue weighted by Gasteiger charge is 2.39. The molecule has 3 rings (SSSR count). The molecule has 1 aliphatic carbocycles. The number of rotatable bonds is 4. The lowest BCUT2D eigenvalue weighted by molar-refractivity contribution is -0.123. The van der Waals surface area contributed by atoms with Gasteiger partial charge in [0.1, 0.15) is 6.04 Å². The van der Waals surface area contributed by atoms with Crippen molar-refractivity contribution in [1.29, 1.82) is 0 Å². The predicted molar refractivity (Wildman–Crippen MR) is 82.1 cm³/mol. The third kappa shape index (κ3) is 3.47. The Morgan fingerprint density at radius 3 is 2.71 bits per heavy atom. The van der Waals surface area contributed by atoms with Gasteiger partial charge in [0.15, 0.2) is 0 Å². The Labute approximate surface area is 127 Å². The molecule has 1 saturated carbocycles. The molecule has 2 aliphatic heterocycles. The predicted octanol–water partition coefficient (Wildman–Crippen LogP) is 0.666. The first-order chi connectivity index (χ1) is 10.3. The SMILES string of the molecule is O=C(NCC1(N2CCOCC2)CCCCC1)[C@@H]1C=CCN1. The van der Waals surface area contributed by atoms with Crippen molar-refractivity contribution in [1.82, 2.24) is 15.5 Å². The van der Waals surface area contributed by atoms with E-state index in [2.05, 4.69) is 15.5 Å². The van der Waals surface area contributed by atoms with Crippen LogP contribution in [0.4, 0.5) is 0 Å². The van der Waals surface area contributed by atoms with Gasteiger partial charge in [-0.05, 0) is 12.8 Å². The standard InChI is InChI=1S/C16H27N3O2/c20-15(14-5-4-8-17-14)18-13-16(6-2-1-3-7-16)19-9-11-21-12-10-19/h4-5,14,17H,1-3,6-13H2,(H,18,20)/t14-/m0/s1. The van der Waals surface area contributed by atoms with Crippen LogP contribution in [0.3, 0.4) is 0 Å². The average Bonchev–Trinajstić information content (AvgIpc) is 3.09. The molecule has 0 aromatic heterocycles. The molecule has 0 bridgehead atoms. The highest BCUT2D eigenvalue weighted by atomic mass is 16.5. The molecule has 0 spiro atoms. The molecule has 3 aliphatic rings. The lowest BCUT2D eigenvalue weighted by atomic mass is 9.79. The van der Waals surface area contributed by atoms with E-state index < -0.39 is 0 Å². The number of amides is 1. The summed E-state index contributed by atoms with van der Waals surface area (Å²) in [5, 5.41) is 6.38. The van der Waals surface area contributed by atoms with E-state index in [9.17, 15) is 4.79 Å². The fourth-order valence-corrected chi connectivity index (χ4v) is 3.86. The van der Waals surface area contributed by atoms with E-state index in [0.29, 0.717) is 0 Å². The molecule has 2 heterocycles. The van der Waals surface area contributed by atoms with Crippen LogP contribution in [0.1, 0.15) is 32.1 Å². The Bertz CT molecular complexity index is 385. The van der Waals surface area contributed by atoms with Crippen molar-refractivity contribution in [3.05, 3.63) is 12.2 Å². The molecule has 2 N–H and O–H groups in total. The number of morpholine rings is 1. The number of nitrogens with zero attached hydrogens (tertiary/aromatic N) is 1. The molecule has 5 heteroatoms. The van der Waals surface area contributed by atoms with Crippen LogP contribution in [-0.4, -0.2) is 61.8 Å². The van der Waals surface area contributed by atoms with Gasteiger partial charge < -0.3 is 10.1 Å². The highest BCUT2D eigenvalue weighted by Crippen LogP contribution is 2.33. The molecule has 0 aromatic carbocycles. The van der Waals surface area contributed by atoms with Crippen LogP contribution < -0.4 is 10.6 Å². The van der Waals surface area contributed by atoms with Gasteiger partial charge in [-0.2, -0.15) is 0 Å². The molecule has 0 unspecified atom stereocenters. The third-order valence-electron chi connectivity index (χ3n) is 5.12. The molecular weight excluding hydrogens is 266 g/mol. The first kappa shape index (κ1) is 15.0. The Hall–Kier alpha value is -0.910. The van der Waals surface area contributed by atoms with Gasteiger partial charge in [-0.25, -0.2) is 0 Å². The minimum Gasteiger partial charge on any atom is -0.379 e. The van der Waals surface area contributed by atoms with E-state index in [1.807, 2.05) is 12.2 Å². The van der Waals surface area contributed by atoms with E-state index in [1.54, 1.807) is 0 Å². The van der Waals surface area contributed by atoms with Crippen molar-refractivity contribution in [3.63, 3.8) is 0 Å². The third-order valence-corrected chi connectivity index (χ3v) is 5.12. The zero-order valence-electron chi connectivity index (χ0n) is 12.8. The quantitative estimate of drug-likeness (QED) is 0.748. The topological polar surface area (TPSA) is 53.6 Å². The summed E-state index contributed by atoms with van der Waals surface area (Å²) >= 11 is 0. The Kier molecular flexibility index (Phi) is 4.93. The molecule has 118 valence electrons. The van der Waals surface area contributed by atoms with Crippen molar-refractivity contribution in [3.8, 4) is 0 Å². The van der Waals surface area contributed by atoms with Crippen molar-refractivity contribution < 1.29 is 9.53 Å². The Morgan fingerprint density at radius 2 is 2.05 bits per heavy atom. The summed E-state index contributed by atoms with van der Waals surface area (Å²) in [6, 6.07) is -0.143. The summed E-state index contributed by atoms with van der Waals surface area (Å²) in [6.07, 6.45) is 10.2. The molecular formula is C16H27N3O2. The van der Waals surface area contributed by atoms with Crippen molar-refractivity contribution in [2.45, 2.75) is 43.7 Å². The second kappa shape index (κ2) is 6.90. The molecule has 1 saturated heterocycles. The molecule has 5 nitrogen and oxygen atoms in total. The van der Waals surface area contributed by atoms with E-state index in [1.165, 1.54) is 32.1 Å². The summed E-state index contributed by atoms with van der Waals surface area (Å²) in [6.45, 7) is 5.21. The van der Waals surface area contributed by atoms with Gasteiger partial charge in [0.2, 0.25) is 5.91 Å². The van der Waals surface area contributed by atoms with Crippen LogP contribution in [0.15, 0.2) is 12.2 Å². The Balaban J connectivity index is 1.61. The first-order valence-electron chi connectivity index (χ1n) is 8.31. The summed E-state index contributed by atoms with van der Waals surface area (Å²) in [4.78, 5) is 14.8. The number of nitrogens with one attached hydrogen (secondary N) is 2. The summed E-state index contributed by atoms with van der Waals surface area (Å²) in [7, 11) is 0. The first-order valence-corrected chi connectivity index (χ1v) is 8.31. The minimum absolute atomic E-state index is 0.113.